The van der Waals surface area contributed by atoms with E-state index in [-0.39, 0.29) is 56.4 Å². The summed E-state index contributed by atoms with van der Waals surface area (Å²) in [5.74, 6) is 1.15. The van der Waals surface area contributed by atoms with Crippen LogP contribution in [0.25, 0.3) is 10.8 Å². The fraction of sp³-hybridized carbons (Fsp3) is 0.471. The second kappa shape index (κ2) is 10.2. The van der Waals surface area contributed by atoms with Crippen LogP contribution in [0.3, 0.4) is 0 Å². The van der Waals surface area contributed by atoms with Gasteiger partial charge in [0.2, 0.25) is 9.04 Å². The van der Waals surface area contributed by atoms with E-state index in [4.69, 9.17) is 4.43 Å². The van der Waals surface area contributed by atoms with E-state index in [1.54, 1.807) is 0 Å². The molecule has 0 amide bonds. The minimum atomic E-state index is -1.09. The summed E-state index contributed by atoms with van der Waals surface area (Å²) < 4.78 is 6.27. The van der Waals surface area contributed by atoms with E-state index in [9.17, 15) is 0 Å². The van der Waals surface area contributed by atoms with E-state index in [1.807, 2.05) is 0 Å². The molecule has 0 spiro atoms. The van der Waals surface area contributed by atoms with Gasteiger partial charge in [-0.05, 0) is 30.7 Å². The zero-order chi connectivity index (χ0) is 14.0. The summed E-state index contributed by atoms with van der Waals surface area (Å²) in [5, 5.41) is 2.59. The van der Waals surface area contributed by atoms with Crippen LogP contribution in [0.2, 0.25) is 13.1 Å². The molecule has 0 N–H and O–H groups in total. The zero-order valence-corrected chi connectivity index (χ0v) is 19.2. The predicted molar refractivity (Wildman–Crippen MR) is 87.0 cm³/mol. The molecule has 0 bridgehead atoms. The third kappa shape index (κ3) is 5.44. The number of fused-ring (bicyclic) bond motifs is 1. The van der Waals surface area contributed by atoms with Gasteiger partial charge in [-0.25, -0.2) is 0 Å². The second-order valence-electron chi connectivity index (χ2n) is 6.27. The summed E-state index contributed by atoms with van der Waals surface area (Å²) in [6, 6.07) is 10.9. The van der Waals surface area contributed by atoms with Crippen LogP contribution in [0.5, 0.6) is 5.75 Å². The SMILES string of the molecule is CCCC(C)(C)c1[cH-]c2ccccc2c1O[SiH](C)C.[Cl-].[Cl-].[Zr+3]. The molecule has 0 saturated heterocycles. The maximum atomic E-state index is 6.27. The summed E-state index contributed by atoms with van der Waals surface area (Å²) in [5.41, 5.74) is 1.57. The van der Waals surface area contributed by atoms with E-state index in [1.165, 1.54) is 29.2 Å². The van der Waals surface area contributed by atoms with Crippen LogP contribution in [0, 0.1) is 0 Å². The number of rotatable bonds is 5. The molecule has 0 aromatic heterocycles. The van der Waals surface area contributed by atoms with Gasteiger partial charge in [0.25, 0.3) is 0 Å². The van der Waals surface area contributed by atoms with Crippen molar-refractivity contribution in [3.63, 3.8) is 0 Å². The van der Waals surface area contributed by atoms with Gasteiger partial charge in [-0.2, -0.15) is 0 Å². The first kappa shape index (κ1) is 24.6. The molecule has 121 valence electrons. The third-order valence-corrected chi connectivity index (χ3v) is 4.41. The van der Waals surface area contributed by atoms with Crippen molar-refractivity contribution in [2.75, 3.05) is 0 Å². The first-order chi connectivity index (χ1) is 8.95. The van der Waals surface area contributed by atoms with Crippen LogP contribution < -0.4 is 29.2 Å². The van der Waals surface area contributed by atoms with Crippen molar-refractivity contribution >= 4 is 19.8 Å². The maximum Gasteiger partial charge on any atom is 3.00 e. The van der Waals surface area contributed by atoms with Crippen molar-refractivity contribution in [2.45, 2.75) is 52.1 Å². The van der Waals surface area contributed by atoms with Gasteiger partial charge >= 0.3 is 26.2 Å². The van der Waals surface area contributed by atoms with E-state index in [0.717, 1.165) is 5.75 Å². The summed E-state index contributed by atoms with van der Waals surface area (Å²) in [6.07, 6.45) is 2.40. The average Bonchev–Trinajstić information content (AvgIpc) is 2.68. The largest absolute Gasteiger partial charge is 3.00 e. The summed E-state index contributed by atoms with van der Waals surface area (Å²) in [7, 11) is -1.09. The van der Waals surface area contributed by atoms with Gasteiger partial charge in [0, 0.05) is 0 Å². The van der Waals surface area contributed by atoms with Crippen LogP contribution in [0.1, 0.15) is 39.2 Å². The van der Waals surface area contributed by atoms with Gasteiger partial charge in [-0.15, -0.1) is 35.0 Å². The molecule has 0 aliphatic heterocycles. The molecule has 0 saturated carbocycles. The first-order valence-electron chi connectivity index (χ1n) is 7.31. The Hall–Kier alpha value is 0.310. The molecular formula is C17H25Cl2OSiZr. The van der Waals surface area contributed by atoms with Gasteiger partial charge in [-0.3, -0.25) is 0 Å². The molecular weight excluding hydrogens is 410 g/mol. The molecule has 1 radical (unpaired) electrons. The normalized spacial score (nSPS) is 10.6. The van der Waals surface area contributed by atoms with Crippen molar-refractivity contribution in [1.29, 1.82) is 0 Å². The van der Waals surface area contributed by atoms with Gasteiger partial charge in [0.1, 0.15) is 0 Å². The smallest absolute Gasteiger partial charge is 1.00 e. The van der Waals surface area contributed by atoms with Gasteiger partial charge < -0.3 is 29.2 Å². The molecule has 5 heteroatoms. The Morgan fingerprint density at radius 3 is 2.27 bits per heavy atom. The van der Waals surface area contributed by atoms with Crippen molar-refractivity contribution < 1.29 is 55.4 Å². The first-order valence-corrected chi connectivity index (χ1v) is 10.1. The Bertz CT molecular complexity index is 567. The van der Waals surface area contributed by atoms with Crippen LogP contribution >= 0.6 is 0 Å². The Kier molecular flexibility index (Phi) is 11.4. The molecule has 2 rings (SSSR count). The molecule has 0 atom stereocenters. The Morgan fingerprint density at radius 1 is 1.14 bits per heavy atom. The maximum absolute atomic E-state index is 6.27. The fourth-order valence-electron chi connectivity index (χ4n) is 2.82. The van der Waals surface area contributed by atoms with E-state index >= 15 is 0 Å². The minimum Gasteiger partial charge on any atom is -1.00 e. The molecule has 2 aromatic rings. The molecule has 1 nitrogen and oxygen atoms in total. The van der Waals surface area contributed by atoms with Gasteiger partial charge in [0.05, 0.1) is 0 Å². The molecule has 0 aliphatic rings. The average molecular weight is 436 g/mol. The van der Waals surface area contributed by atoms with Crippen molar-refractivity contribution in [3.05, 3.63) is 35.9 Å². The number of benzene rings is 1. The standard InChI is InChI=1S/C17H25OSi.2ClH.Zr/c1-6-11-17(2,3)15-12-13-9-7-8-10-14(13)16(15)18-19(4)5;;;/h7-10,12,19H,6,11H2,1-5H3;2*1H;/q-1;;;+3/p-2. The Balaban J connectivity index is 0. The van der Waals surface area contributed by atoms with Crippen LogP contribution in [-0.4, -0.2) is 9.04 Å². The van der Waals surface area contributed by atoms with Gasteiger partial charge in [-0.1, -0.05) is 38.8 Å². The summed E-state index contributed by atoms with van der Waals surface area (Å²) >= 11 is 0. The van der Waals surface area contributed by atoms with E-state index < -0.39 is 9.04 Å². The molecule has 22 heavy (non-hydrogen) atoms. The van der Waals surface area contributed by atoms with Crippen molar-refractivity contribution in [2.24, 2.45) is 0 Å². The summed E-state index contributed by atoms with van der Waals surface area (Å²) in [4.78, 5) is 0. The van der Waals surface area contributed by atoms with E-state index in [2.05, 4.69) is 64.2 Å². The van der Waals surface area contributed by atoms with Crippen LogP contribution in [0.4, 0.5) is 0 Å². The Labute approximate surface area is 168 Å². The zero-order valence-electron chi connectivity index (χ0n) is 14.0. The number of hydrogen-bond donors (Lipinski definition) is 0. The summed E-state index contributed by atoms with van der Waals surface area (Å²) in [6.45, 7) is 11.4. The van der Waals surface area contributed by atoms with E-state index in [0.29, 0.717) is 0 Å². The molecule has 2 aromatic carbocycles. The monoisotopic (exact) mass is 433 g/mol. The second-order valence-corrected chi connectivity index (χ2v) is 8.61. The van der Waals surface area contributed by atoms with Gasteiger partial charge in [0.15, 0.2) is 0 Å². The molecule has 0 heterocycles. The predicted octanol–water partition coefficient (Wildman–Crippen LogP) is -0.996. The fourth-order valence-corrected chi connectivity index (χ4v) is 3.55. The Morgan fingerprint density at radius 2 is 1.73 bits per heavy atom. The topological polar surface area (TPSA) is 9.23 Å². The molecule has 0 fully saturated rings. The van der Waals surface area contributed by atoms with Crippen molar-refractivity contribution in [1.82, 2.24) is 0 Å². The molecule has 0 unspecified atom stereocenters. The number of hydrogen-bond acceptors (Lipinski definition) is 1. The van der Waals surface area contributed by atoms with Crippen molar-refractivity contribution in [3.8, 4) is 5.75 Å². The van der Waals surface area contributed by atoms with Crippen LogP contribution in [-0.2, 0) is 31.6 Å². The molecule has 0 aliphatic carbocycles. The number of halogens is 2. The van der Waals surface area contributed by atoms with Crippen LogP contribution in [0.15, 0.2) is 30.3 Å². The minimum absolute atomic E-state index is 0. The third-order valence-electron chi connectivity index (χ3n) is 3.71. The quantitative estimate of drug-likeness (QED) is 0.433.